The van der Waals surface area contributed by atoms with E-state index in [9.17, 15) is 0 Å². The van der Waals surface area contributed by atoms with E-state index in [0.717, 1.165) is 0 Å². The molecule has 0 heterocycles. The van der Waals surface area contributed by atoms with Gasteiger partial charge in [0.1, 0.15) is 0 Å². The summed E-state index contributed by atoms with van der Waals surface area (Å²) < 4.78 is 0. The third-order valence-corrected chi connectivity index (χ3v) is 1.15. The van der Waals surface area contributed by atoms with E-state index in [1.165, 1.54) is 0 Å². The first-order valence-corrected chi connectivity index (χ1v) is 2.87. The van der Waals surface area contributed by atoms with E-state index in [-0.39, 0.29) is 29.6 Å². The van der Waals surface area contributed by atoms with Crippen LogP contribution in [0.1, 0.15) is 0 Å². The van der Waals surface area contributed by atoms with Gasteiger partial charge in [0.25, 0.3) is 0 Å². The molecule has 0 saturated carbocycles. The summed E-state index contributed by atoms with van der Waals surface area (Å²) in [5.41, 5.74) is 0. The molecule has 0 bridgehead atoms. The van der Waals surface area contributed by atoms with Gasteiger partial charge < -0.3 is 0 Å². The molecule has 0 amide bonds. The molecule has 0 spiro atoms. The smallest absolute Gasteiger partial charge is 0.181 e. The first-order chi connectivity index (χ1) is 3.79. The molecule has 0 aliphatic heterocycles. The van der Waals surface area contributed by atoms with Crippen molar-refractivity contribution in [3.63, 3.8) is 0 Å². The van der Waals surface area contributed by atoms with Crippen LogP contribution in [0.25, 0.3) is 0 Å². The van der Waals surface area contributed by atoms with Crippen LogP contribution in [-0.2, 0) is 0 Å². The van der Waals surface area contributed by atoms with Crippen LogP contribution < -0.4 is 29.6 Å². The monoisotopic (exact) mass is 168 g/mol. The zero-order valence-corrected chi connectivity index (χ0v) is 8.50. The summed E-state index contributed by atoms with van der Waals surface area (Å²) in [6.45, 7) is 0. The normalized spacial score (nSPS) is 8.22. The summed E-state index contributed by atoms with van der Waals surface area (Å²) in [6.07, 6.45) is 0. The van der Waals surface area contributed by atoms with Gasteiger partial charge in [-0.25, -0.2) is 0 Å². The molecule has 0 atom stereocenters. The Balaban J connectivity index is 0.000000640. The van der Waals surface area contributed by atoms with Crippen molar-refractivity contribution in [2.24, 2.45) is 0 Å². The fourth-order valence-corrected chi connectivity index (χ4v) is 0.833. The van der Waals surface area contributed by atoms with Gasteiger partial charge in [-0.2, -0.15) is 41.4 Å². The maximum absolute atomic E-state index is 5.53. The SMILES string of the molecule is Clc1c[c-]cc(Cl)c1.[Na+]. The maximum atomic E-state index is 5.53. The van der Waals surface area contributed by atoms with E-state index in [0.29, 0.717) is 10.0 Å². The maximum Gasteiger partial charge on any atom is 1.00 e. The van der Waals surface area contributed by atoms with E-state index in [4.69, 9.17) is 23.2 Å². The van der Waals surface area contributed by atoms with Crippen molar-refractivity contribution < 1.29 is 29.6 Å². The second kappa shape index (κ2) is 4.59. The molecule has 3 heteroatoms. The van der Waals surface area contributed by atoms with Gasteiger partial charge in [-0.15, -0.1) is 6.07 Å². The number of benzene rings is 1. The first kappa shape index (κ1) is 9.80. The minimum absolute atomic E-state index is 0. The second-order valence-corrected chi connectivity index (χ2v) is 2.24. The second-order valence-electron chi connectivity index (χ2n) is 1.37. The van der Waals surface area contributed by atoms with Crippen LogP contribution in [0.4, 0.5) is 0 Å². The molecule has 0 fully saturated rings. The number of hydrogen-bond donors (Lipinski definition) is 0. The van der Waals surface area contributed by atoms with E-state index in [1.54, 1.807) is 18.2 Å². The standard InChI is InChI=1S/C6H3Cl2.Na/c7-5-2-1-3-6(8)4-5;/h2-4H;/q-1;+1. The van der Waals surface area contributed by atoms with Crippen molar-refractivity contribution in [1.29, 1.82) is 0 Å². The molecule has 1 aromatic rings. The topological polar surface area (TPSA) is 0 Å². The van der Waals surface area contributed by atoms with Crippen molar-refractivity contribution in [1.82, 2.24) is 0 Å². The molecule has 1 rings (SSSR count). The largest absolute Gasteiger partial charge is 1.00 e. The van der Waals surface area contributed by atoms with Crippen molar-refractivity contribution in [2.45, 2.75) is 0 Å². The Bertz CT molecular complexity index is 171. The van der Waals surface area contributed by atoms with Crippen LogP contribution in [0.3, 0.4) is 0 Å². The van der Waals surface area contributed by atoms with Crippen LogP contribution in [0.2, 0.25) is 10.0 Å². The molecule has 0 unspecified atom stereocenters. The van der Waals surface area contributed by atoms with E-state index in [1.807, 2.05) is 0 Å². The Morgan fingerprint density at radius 2 is 1.56 bits per heavy atom. The molecular weight excluding hydrogens is 166 g/mol. The Morgan fingerprint density at radius 3 is 1.78 bits per heavy atom. The summed E-state index contributed by atoms with van der Waals surface area (Å²) in [5, 5.41) is 1.25. The zero-order valence-electron chi connectivity index (χ0n) is 4.99. The molecule has 0 aliphatic rings. The minimum Gasteiger partial charge on any atom is -0.181 e. The third kappa shape index (κ3) is 3.49. The summed E-state index contributed by atoms with van der Waals surface area (Å²) in [4.78, 5) is 0. The Kier molecular flexibility index (Phi) is 5.00. The van der Waals surface area contributed by atoms with Crippen LogP contribution >= 0.6 is 23.2 Å². The van der Waals surface area contributed by atoms with Crippen molar-refractivity contribution in [2.75, 3.05) is 0 Å². The average molecular weight is 169 g/mol. The number of halogens is 2. The van der Waals surface area contributed by atoms with E-state index in [2.05, 4.69) is 6.07 Å². The van der Waals surface area contributed by atoms with Crippen LogP contribution in [0, 0.1) is 6.07 Å². The third-order valence-electron chi connectivity index (χ3n) is 0.718. The predicted octanol–water partition coefficient (Wildman–Crippen LogP) is -0.202. The van der Waals surface area contributed by atoms with E-state index < -0.39 is 0 Å². The Labute approximate surface area is 86.5 Å². The molecule has 0 aromatic heterocycles. The fourth-order valence-electron chi connectivity index (χ4n) is 0.416. The van der Waals surface area contributed by atoms with Gasteiger partial charge in [-0.3, -0.25) is 0 Å². The van der Waals surface area contributed by atoms with Gasteiger partial charge in [0.2, 0.25) is 0 Å². The molecule has 0 N–H and O–H groups in total. The van der Waals surface area contributed by atoms with Crippen molar-refractivity contribution in [3.8, 4) is 0 Å². The van der Waals surface area contributed by atoms with E-state index >= 15 is 0 Å². The zero-order chi connectivity index (χ0) is 5.98. The molecule has 0 nitrogen and oxygen atoms in total. The Morgan fingerprint density at radius 1 is 1.11 bits per heavy atom. The predicted molar refractivity (Wildman–Crippen MR) is 35.3 cm³/mol. The quantitative estimate of drug-likeness (QED) is 0.372. The molecule has 0 saturated heterocycles. The number of rotatable bonds is 0. The summed E-state index contributed by atoms with van der Waals surface area (Å²) in [6, 6.07) is 7.75. The summed E-state index contributed by atoms with van der Waals surface area (Å²) in [5.74, 6) is 0. The summed E-state index contributed by atoms with van der Waals surface area (Å²) in [7, 11) is 0. The Hall–Kier alpha value is 0.800. The molecule has 0 radical (unpaired) electrons. The summed E-state index contributed by atoms with van der Waals surface area (Å²) >= 11 is 11.1. The molecule has 42 valence electrons. The van der Waals surface area contributed by atoms with Gasteiger partial charge in [-0.05, 0) is 0 Å². The molecule has 0 aliphatic carbocycles. The van der Waals surface area contributed by atoms with Crippen LogP contribution in [-0.4, -0.2) is 0 Å². The molecular formula is C6H3Cl2Na. The molecule has 9 heavy (non-hydrogen) atoms. The van der Waals surface area contributed by atoms with Gasteiger partial charge in [0.05, 0.1) is 0 Å². The molecule has 1 aromatic carbocycles. The van der Waals surface area contributed by atoms with Gasteiger partial charge in [0, 0.05) is 0 Å². The van der Waals surface area contributed by atoms with Crippen LogP contribution in [0.15, 0.2) is 18.2 Å². The van der Waals surface area contributed by atoms with Gasteiger partial charge >= 0.3 is 29.6 Å². The van der Waals surface area contributed by atoms with Gasteiger partial charge in [0.15, 0.2) is 0 Å². The van der Waals surface area contributed by atoms with Crippen molar-refractivity contribution in [3.05, 3.63) is 34.3 Å². The number of hydrogen-bond acceptors (Lipinski definition) is 0. The fraction of sp³-hybridized carbons (Fsp3) is 0. The van der Waals surface area contributed by atoms with Crippen LogP contribution in [0.5, 0.6) is 0 Å². The van der Waals surface area contributed by atoms with Crippen molar-refractivity contribution >= 4 is 23.2 Å². The van der Waals surface area contributed by atoms with Gasteiger partial charge in [-0.1, -0.05) is 10.0 Å². The average Bonchev–Trinajstić information content (AvgIpc) is 1.64. The minimum atomic E-state index is 0. The first-order valence-electron chi connectivity index (χ1n) is 2.11.